The lowest BCUT2D eigenvalue weighted by Crippen LogP contribution is -2.23. The van der Waals surface area contributed by atoms with Gasteiger partial charge in [0.15, 0.2) is 0 Å². The summed E-state index contributed by atoms with van der Waals surface area (Å²) in [5.74, 6) is 0. The fraction of sp³-hybridized carbons (Fsp3) is 0.357. The lowest BCUT2D eigenvalue weighted by molar-refractivity contribution is 0.584. The Kier molecular flexibility index (Phi) is 4.64. The Labute approximate surface area is 125 Å². The molecule has 2 aromatic rings. The van der Waals surface area contributed by atoms with Crippen LogP contribution >= 0.6 is 0 Å². The Morgan fingerprint density at radius 2 is 1.90 bits per heavy atom. The van der Waals surface area contributed by atoms with Gasteiger partial charge < -0.3 is 5.32 Å². The van der Waals surface area contributed by atoms with Crippen molar-refractivity contribution in [2.24, 2.45) is 7.05 Å². The van der Waals surface area contributed by atoms with Gasteiger partial charge in [-0.05, 0) is 18.6 Å². The van der Waals surface area contributed by atoms with Crippen LogP contribution in [0.1, 0.15) is 19.5 Å². The van der Waals surface area contributed by atoms with Crippen LogP contribution in [0.4, 0.5) is 11.4 Å². The van der Waals surface area contributed by atoms with Gasteiger partial charge in [0.05, 0.1) is 17.1 Å². The predicted molar refractivity (Wildman–Crippen MR) is 83.2 cm³/mol. The van der Waals surface area contributed by atoms with Crippen LogP contribution in [0.15, 0.2) is 35.4 Å². The molecule has 0 saturated carbocycles. The van der Waals surface area contributed by atoms with Crippen LogP contribution in [-0.2, 0) is 23.5 Å². The lowest BCUT2D eigenvalue weighted by atomic mass is 10.2. The second-order valence-corrected chi connectivity index (χ2v) is 6.37. The third-order valence-electron chi connectivity index (χ3n) is 3.02. The van der Waals surface area contributed by atoms with Crippen LogP contribution in [0.2, 0.25) is 0 Å². The zero-order chi connectivity index (χ0) is 15.5. The molecule has 1 aromatic carbocycles. The van der Waals surface area contributed by atoms with E-state index in [-0.39, 0.29) is 4.90 Å². The van der Waals surface area contributed by atoms with E-state index < -0.39 is 10.0 Å². The van der Waals surface area contributed by atoms with Crippen LogP contribution in [-0.4, -0.2) is 24.7 Å². The smallest absolute Gasteiger partial charge is 0.242 e. The molecule has 0 fully saturated rings. The normalized spacial score (nSPS) is 11.6. The predicted octanol–water partition coefficient (Wildman–Crippen LogP) is 2.02. The Morgan fingerprint density at radius 1 is 1.19 bits per heavy atom. The molecule has 1 aromatic heterocycles. The van der Waals surface area contributed by atoms with E-state index in [9.17, 15) is 8.42 Å². The third kappa shape index (κ3) is 3.43. The average molecular weight is 308 g/mol. The highest BCUT2D eigenvalue weighted by Gasteiger charge is 2.18. The van der Waals surface area contributed by atoms with Gasteiger partial charge in [0.1, 0.15) is 4.90 Å². The molecule has 1 heterocycles. The molecular formula is C14H20N4O2S. The average Bonchev–Trinajstić information content (AvgIpc) is 2.79. The number of aromatic nitrogens is 2. The molecular weight excluding hydrogens is 288 g/mol. The quantitative estimate of drug-likeness (QED) is 0.856. The molecule has 6 nitrogen and oxygen atoms in total. The molecule has 21 heavy (non-hydrogen) atoms. The van der Waals surface area contributed by atoms with Gasteiger partial charge in [-0.2, -0.15) is 5.10 Å². The molecule has 0 saturated heterocycles. The lowest BCUT2D eigenvalue weighted by Gasteiger charge is -2.12. The summed E-state index contributed by atoms with van der Waals surface area (Å²) >= 11 is 0. The largest absolute Gasteiger partial charge is 0.352 e. The molecule has 0 radical (unpaired) electrons. The van der Waals surface area contributed by atoms with Gasteiger partial charge in [-0.3, -0.25) is 4.68 Å². The number of nitrogens with one attached hydrogen (secondary N) is 2. The molecule has 0 spiro atoms. The van der Waals surface area contributed by atoms with Gasteiger partial charge in [-0.15, -0.1) is 0 Å². The molecule has 0 bridgehead atoms. The second kappa shape index (κ2) is 6.28. The van der Waals surface area contributed by atoms with E-state index in [1.54, 1.807) is 35.9 Å². The summed E-state index contributed by atoms with van der Waals surface area (Å²) in [4.78, 5) is 0.234. The number of anilines is 2. The van der Waals surface area contributed by atoms with Crippen molar-refractivity contribution in [2.75, 3.05) is 11.9 Å². The molecule has 2 rings (SSSR count). The fourth-order valence-corrected chi connectivity index (χ4v) is 3.32. The Bertz CT molecular complexity index is 722. The molecule has 7 heteroatoms. The van der Waals surface area contributed by atoms with Crippen LogP contribution in [0.3, 0.4) is 0 Å². The van der Waals surface area contributed by atoms with Gasteiger partial charge >= 0.3 is 0 Å². The Balaban J connectivity index is 2.41. The number of benzene rings is 1. The van der Waals surface area contributed by atoms with Gasteiger partial charge in [-0.25, -0.2) is 13.1 Å². The van der Waals surface area contributed by atoms with Crippen molar-refractivity contribution < 1.29 is 8.42 Å². The van der Waals surface area contributed by atoms with Gasteiger partial charge in [0.25, 0.3) is 0 Å². The van der Waals surface area contributed by atoms with E-state index >= 15 is 0 Å². The minimum atomic E-state index is -3.51. The molecule has 2 N–H and O–H groups in total. The molecule has 114 valence electrons. The molecule has 0 aliphatic carbocycles. The van der Waals surface area contributed by atoms with Crippen LogP contribution in [0.25, 0.3) is 0 Å². The standard InChI is InChI=1S/C14H20N4O2S/c1-4-11-13(10-18(3)17-11)16-12-8-6-7-9-14(12)21(19,20)15-5-2/h6-10,15-16H,4-5H2,1-3H3. The number of rotatable bonds is 6. The van der Waals surface area contributed by atoms with Crippen molar-refractivity contribution in [1.82, 2.24) is 14.5 Å². The summed E-state index contributed by atoms with van der Waals surface area (Å²) in [6.07, 6.45) is 2.61. The molecule has 0 amide bonds. The van der Waals surface area contributed by atoms with E-state index in [1.807, 2.05) is 20.2 Å². The number of hydrogen-bond acceptors (Lipinski definition) is 4. The van der Waals surface area contributed by atoms with Crippen molar-refractivity contribution in [2.45, 2.75) is 25.2 Å². The van der Waals surface area contributed by atoms with Crippen molar-refractivity contribution in [3.8, 4) is 0 Å². The zero-order valence-corrected chi connectivity index (χ0v) is 13.2. The van der Waals surface area contributed by atoms with Crippen molar-refractivity contribution in [3.05, 3.63) is 36.2 Å². The number of para-hydroxylation sites is 1. The summed E-state index contributed by atoms with van der Waals surface area (Å²) in [5, 5.41) is 7.52. The first-order chi connectivity index (χ1) is 9.97. The second-order valence-electron chi connectivity index (χ2n) is 4.64. The first-order valence-corrected chi connectivity index (χ1v) is 8.34. The first-order valence-electron chi connectivity index (χ1n) is 6.86. The Morgan fingerprint density at radius 3 is 2.57 bits per heavy atom. The SMILES string of the molecule is CCNS(=O)(=O)c1ccccc1Nc1cn(C)nc1CC. The Hall–Kier alpha value is -1.86. The van der Waals surface area contributed by atoms with Gasteiger partial charge in [0, 0.05) is 19.8 Å². The molecule has 0 atom stereocenters. The number of sulfonamides is 1. The minimum Gasteiger partial charge on any atom is -0.352 e. The molecule has 0 aliphatic rings. The maximum absolute atomic E-state index is 12.2. The van der Waals surface area contributed by atoms with Crippen molar-refractivity contribution in [1.29, 1.82) is 0 Å². The summed E-state index contributed by atoms with van der Waals surface area (Å²) < 4.78 is 28.7. The number of hydrogen-bond donors (Lipinski definition) is 2. The highest BCUT2D eigenvalue weighted by molar-refractivity contribution is 7.89. The van der Waals surface area contributed by atoms with E-state index in [0.29, 0.717) is 12.2 Å². The van der Waals surface area contributed by atoms with E-state index in [0.717, 1.165) is 17.8 Å². The summed E-state index contributed by atoms with van der Waals surface area (Å²) in [5.41, 5.74) is 2.26. The summed E-state index contributed by atoms with van der Waals surface area (Å²) in [6.45, 7) is 4.11. The first kappa shape index (κ1) is 15.5. The number of nitrogens with zero attached hydrogens (tertiary/aromatic N) is 2. The maximum Gasteiger partial charge on any atom is 0.242 e. The topological polar surface area (TPSA) is 76.0 Å². The highest BCUT2D eigenvalue weighted by Crippen LogP contribution is 2.26. The summed E-state index contributed by atoms with van der Waals surface area (Å²) in [6, 6.07) is 6.84. The number of aryl methyl sites for hydroxylation is 2. The van der Waals surface area contributed by atoms with Crippen LogP contribution < -0.4 is 10.0 Å². The van der Waals surface area contributed by atoms with Crippen LogP contribution in [0.5, 0.6) is 0 Å². The maximum atomic E-state index is 12.2. The minimum absolute atomic E-state index is 0.234. The molecule has 0 aliphatic heterocycles. The van der Waals surface area contributed by atoms with Crippen LogP contribution in [0, 0.1) is 0 Å². The van der Waals surface area contributed by atoms with E-state index in [4.69, 9.17) is 0 Å². The summed E-state index contributed by atoms with van der Waals surface area (Å²) in [7, 11) is -1.67. The van der Waals surface area contributed by atoms with Crippen molar-refractivity contribution >= 4 is 21.4 Å². The fourth-order valence-electron chi connectivity index (χ4n) is 2.12. The highest BCUT2D eigenvalue weighted by atomic mass is 32.2. The monoisotopic (exact) mass is 308 g/mol. The molecule has 0 unspecified atom stereocenters. The van der Waals surface area contributed by atoms with Crippen molar-refractivity contribution in [3.63, 3.8) is 0 Å². The van der Waals surface area contributed by atoms with Gasteiger partial charge in [0.2, 0.25) is 10.0 Å². The third-order valence-corrected chi connectivity index (χ3v) is 4.62. The zero-order valence-electron chi connectivity index (χ0n) is 12.4. The van der Waals surface area contributed by atoms with E-state index in [2.05, 4.69) is 15.1 Å². The van der Waals surface area contributed by atoms with Gasteiger partial charge in [-0.1, -0.05) is 26.0 Å². The van der Waals surface area contributed by atoms with E-state index in [1.165, 1.54) is 0 Å².